The number of aromatic nitrogens is 4. The van der Waals surface area contributed by atoms with Crippen molar-refractivity contribution in [1.29, 1.82) is 5.26 Å². The van der Waals surface area contributed by atoms with Gasteiger partial charge in [0.2, 0.25) is 0 Å². The first-order valence-corrected chi connectivity index (χ1v) is 11.2. The van der Waals surface area contributed by atoms with Gasteiger partial charge in [-0.05, 0) is 37.0 Å². The summed E-state index contributed by atoms with van der Waals surface area (Å²) in [5.41, 5.74) is -0.303. The number of alkyl halides is 2. The van der Waals surface area contributed by atoms with E-state index in [1.165, 1.54) is 12.1 Å². The number of aromatic amines is 1. The molecule has 7 nitrogen and oxygen atoms in total. The zero-order valence-corrected chi connectivity index (χ0v) is 19.0. The van der Waals surface area contributed by atoms with Crippen LogP contribution in [-0.2, 0) is 6.42 Å². The number of hydrogen-bond donors (Lipinski definition) is 1. The summed E-state index contributed by atoms with van der Waals surface area (Å²) >= 11 is 6.11. The Hall–Kier alpha value is -3.84. The van der Waals surface area contributed by atoms with E-state index in [4.69, 9.17) is 16.3 Å². The van der Waals surface area contributed by atoms with Gasteiger partial charge >= 0.3 is 6.55 Å². The Morgan fingerprint density at radius 2 is 2.09 bits per heavy atom. The maximum atomic E-state index is 15.4. The predicted octanol–water partition coefficient (Wildman–Crippen LogP) is 5.62. The second kappa shape index (κ2) is 8.74. The van der Waals surface area contributed by atoms with E-state index in [1.54, 1.807) is 12.1 Å². The molecular weight excluding hydrogens is 483 g/mol. The quantitative estimate of drug-likeness (QED) is 0.371. The van der Waals surface area contributed by atoms with Crippen LogP contribution in [0.25, 0.3) is 33.2 Å². The second-order valence-electron chi connectivity index (χ2n) is 8.09. The summed E-state index contributed by atoms with van der Waals surface area (Å²) in [4.78, 5) is 12.2. The smallest absolute Gasteiger partial charge is 0.333 e. The molecule has 1 saturated carbocycles. The fraction of sp³-hybridized carbons (Fsp3) is 0.250. The molecule has 0 radical (unpaired) electrons. The maximum Gasteiger partial charge on any atom is 0.333 e. The second-order valence-corrected chi connectivity index (χ2v) is 8.50. The van der Waals surface area contributed by atoms with Crippen LogP contribution in [0, 0.1) is 17.1 Å². The summed E-state index contributed by atoms with van der Waals surface area (Å²) in [5.74, 6) is -1.02. The van der Waals surface area contributed by atoms with E-state index in [1.807, 2.05) is 13.0 Å². The molecule has 0 atom stereocenters. The molecule has 1 N–H and O–H groups in total. The van der Waals surface area contributed by atoms with Gasteiger partial charge in [-0.15, -0.1) is 0 Å². The lowest BCUT2D eigenvalue weighted by molar-refractivity contribution is 0.0585. The van der Waals surface area contributed by atoms with Crippen molar-refractivity contribution >= 4 is 22.4 Å². The largest absolute Gasteiger partial charge is 0.489 e. The molecule has 1 fully saturated rings. The number of nitriles is 1. The minimum Gasteiger partial charge on any atom is -0.489 e. The monoisotopic (exact) mass is 499 g/mol. The van der Waals surface area contributed by atoms with Crippen LogP contribution < -0.4 is 10.3 Å². The van der Waals surface area contributed by atoms with Gasteiger partial charge in [-0.2, -0.15) is 24.2 Å². The van der Waals surface area contributed by atoms with Crippen LogP contribution in [-0.4, -0.2) is 26.1 Å². The molecule has 0 bridgehead atoms. The Bertz CT molecular complexity index is 1570. The summed E-state index contributed by atoms with van der Waals surface area (Å²) < 4.78 is 49.6. The Kier molecular flexibility index (Phi) is 5.73. The molecule has 2 aromatic heterocycles. The Labute approximate surface area is 201 Å². The molecule has 1 aliphatic carbocycles. The average Bonchev–Trinajstić information content (AvgIpc) is 3.55. The van der Waals surface area contributed by atoms with E-state index in [9.17, 15) is 18.8 Å². The number of hydrogen-bond acceptors (Lipinski definition) is 5. The molecule has 0 amide bonds. The number of ether oxygens (including phenoxy) is 1. The summed E-state index contributed by atoms with van der Waals surface area (Å²) in [7, 11) is 0. The number of H-pyrrole nitrogens is 1. The predicted molar refractivity (Wildman–Crippen MR) is 123 cm³/mol. The van der Waals surface area contributed by atoms with Crippen LogP contribution in [0.3, 0.4) is 0 Å². The molecule has 2 aromatic carbocycles. The first kappa shape index (κ1) is 22.9. The van der Waals surface area contributed by atoms with Crippen molar-refractivity contribution in [1.82, 2.24) is 20.0 Å². The third-order valence-corrected chi connectivity index (χ3v) is 6.12. The average molecular weight is 500 g/mol. The number of nitrogens with one attached hydrogen (secondary N) is 1. The van der Waals surface area contributed by atoms with Gasteiger partial charge in [0.15, 0.2) is 5.82 Å². The van der Waals surface area contributed by atoms with Crippen molar-refractivity contribution in [3.63, 3.8) is 0 Å². The number of nitrogens with zero attached hydrogens (tertiary/aromatic N) is 4. The van der Waals surface area contributed by atoms with Crippen LogP contribution in [0.2, 0.25) is 5.02 Å². The molecule has 35 heavy (non-hydrogen) atoms. The minimum atomic E-state index is -3.13. The number of rotatable bonds is 6. The summed E-state index contributed by atoms with van der Waals surface area (Å²) in [6, 6.07) is 7.77. The van der Waals surface area contributed by atoms with Gasteiger partial charge in [0.25, 0.3) is 5.56 Å². The van der Waals surface area contributed by atoms with Crippen LogP contribution >= 0.6 is 11.6 Å². The highest BCUT2D eigenvalue weighted by Gasteiger charge is 2.31. The molecule has 11 heteroatoms. The van der Waals surface area contributed by atoms with Gasteiger partial charge in [-0.25, -0.2) is 14.2 Å². The fourth-order valence-corrected chi connectivity index (χ4v) is 4.22. The molecule has 0 unspecified atom stereocenters. The number of benzene rings is 2. The van der Waals surface area contributed by atoms with Gasteiger partial charge in [0, 0.05) is 17.0 Å². The topological polar surface area (TPSA) is 96.6 Å². The molecule has 0 saturated heterocycles. The molecular formula is C24H17ClF3N5O2. The molecule has 1 aliphatic rings. The number of aryl methyl sites for hydroxylation is 1. The van der Waals surface area contributed by atoms with E-state index in [0.29, 0.717) is 33.1 Å². The molecule has 2 heterocycles. The zero-order valence-electron chi connectivity index (χ0n) is 18.3. The van der Waals surface area contributed by atoms with Crippen LogP contribution in [0.5, 0.6) is 5.75 Å². The number of halogens is 4. The minimum absolute atomic E-state index is 0.0203. The van der Waals surface area contributed by atoms with Crippen molar-refractivity contribution < 1.29 is 17.9 Å². The maximum absolute atomic E-state index is 15.4. The van der Waals surface area contributed by atoms with Crippen molar-refractivity contribution in [3.8, 4) is 34.2 Å². The Morgan fingerprint density at radius 1 is 1.31 bits per heavy atom. The molecule has 4 aromatic rings. The molecule has 178 valence electrons. The van der Waals surface area contributed by atoms with E-state index in [0.717, 1.165) is 19.0 Å². The van der Waals surface area contributed by atoms with Crippen LogP contribution in [0.1, 0.15) is 37.6 Å². The van der Waals surface area contributed by atoms with Crippen molar-refractivity contribution in [2.75, 3.05) is 0 Å². The van der Waals surface area contributed by atoms with E-state index >= 15 is 4.39 Å². The lowest BCUT2D eigenvalue weighted by Gasteiger charge is -2.16. The van der Waals surface area contributed by atoms with Crippen LogP contribution in [0.15, 0.2) is 35.3 Å². The standard InChI is InChI=1S/C24H17ClF3N5O2/c1-2-18-14-7-11(3-6-13(14)23(34)32-31-18)16-10-30-33(24(27)28)22(16)20-15(9-29)19(35-12-4-5-12)8-17(25)21(20)26/h3,6-8,10,12,24H,2,4-5H2,1H3,(H,32,34). The first-order valence-electron chi connectivity index (χ1n) is 10.8. The third-order valence-electron chi connectivity index (χ3n) is 5.84. The van der Waals surface area contributed by atoms with Crippen molar-refractivity contribution in [2.24, 2.45) is 0 Å². The lowest BCUT2D eigenvalue weighted by Crippen LogP contribution is -2.10. The Morgan fingerprint density at radius 3 is 2.74 bits per heavy atom. The van der Waals surface area contributed by atoms with Gasteiger partial charge in [0.05, 0.1) is 39.7 Å². The SMILES string of the molecule is CCc1n[nH]c(=O)c2ccc(-c3cnn(C(F)F)c3-c3c(F)c(Cl)cc(OC4CC4)c3C#N)cc12. The van der Waals surface area contributed by atoms with E-state index in [2.05, 4.69) is 15.3 Å². The number of fused-ring (bicyclic) bond motifs is 1. The normalized spacial score (nSPS) is 13.4. The van der Waals surface area contributed by atoms with Gasteiger partial charge in [-0.3, -0.25) is 4.79 Å². The van der Waals surface area contributed by atoms with E-state index in [-0.39, 0.29) is 33.7 Å². The van der Waals surface area contributed by atoms with E-state index < -0.39 is 23.5 Å². The highest BCUT2D eigenvalue weighted by Crippen LogP contribution is 2.44. The van der Waals surface area contributed by atoms with Gasteiger partial charge < -0.3 is 4.74 Å². The summed E-state index contributed by atoms with van der Waals surface area (Å²) in [5, 5.41) is 20.7. The molecule has 0 aliphatic heterocycles. The summed E-state index contributed by atoms with van der Waals surface area (Å²) in [6.07, 6.45) is 3.05. The zero-order chi connectivity index (χ0) is 24.9. The highest BCUT2D eigenvalue weighted by molar-refractivity contribution is 6.31. The summed E-state index contributed by atoms with van der Waals surface area (Å²) in [6.45, 7) is -1.28. The molecule has 0 spiro atoms. The van der Waals surface area contributed by atoms with Gasteiger partial charge in [-0.1, -0.05) is 24.6 Å². The van der Waals surface area contributed by atoms with Crippen LogP contribution in [0.4, 0.5) is 13.2 Å². The first-order chi connectivity index (χ1) is 16.8. The Balaban J connectivity index is 1.81. The lowest BCUT2D eigenvalue weighted by atomic mass is 9.95. The van der Waals surface area contributed by atoms with Gasteiger partial charge in [0.1, 0.15) is 17.4 Å². The molecule has 5 rings (SSSR count). The van der Waals surface area contributed by atoms with Crippen molar-refractivity contribution in [2.45, 2.75) is 38.8 Å². The highest BCUT2D eigenvalue weighted by atomic mass is 35.5. The fourth-order valence-electron chi connectivity index (χ4n) is 4.02. The third kappa shape index (κ3) is 3.91. The van der Waals surface area contributed by atoms with Crippen molar-refractivity contribution in [3.05, 3.63) is 62.9 Å².